The maximum Gasteiger partial charge on any atom is 0.0585 e. The van der Waals surface area contributed by atoms with Crippen LogP contribution in [0.4, 0.5) is 0 Å². The van der Waals surface area contributed by atoms with Crippen molar-refractivity contribution in [3.8, 4) is 0 Å². The van der Waals surface area contributed by atoms with Crippen LogP contribution in [0.2, 0.25) is 0 Å². The first-order chi connectivity index (χ1) is 9.76. The van der Waals surface area contributed by atoms with E-state index in [0.717, 1.165) is 6.42 Å². The van der Waals surface area contributed by atoms with Crippen molar-refractivity contribution in [3.05, 3.63) is 35.4 Å². The molecule has 0 saturated heterocycles. The molecular weight excluding hydrogens is 246 g/mol. The first-order valence-electron chi connectivity index (χ1n) is 8.20. The van der Waals surface area contributed by atoms with Crippen molar-refractivity contribution in [1.82, 2.24) is 0 Å². The van der Waals surface area contributed by atoms with Gasteiger partial charge in [-0.25, -0.2) is 0 Å². The molecule has 114 valence electrons. The Labute approximate surface area is 124 Å². The van der Waals surface area contributed by atoms with Crippen molar-refractivity contribution >= 4 is 0 Å². The molecule has 1 rings (SSSR count). The first kappa shape index (κ1) is 17.2. The maximum absolute atomic E-state index is 8.95. The summed E-state index contributed by atoms with van der Waals surface area (Å²) in [6, 6.07) is 8.56. The predicted molar refractivity (Wildman–Crippen MR) is 86.9 cm³/mol. The fourth-order valence-electron chi connectivity index (χ4n) is 2.50. The van der Waals surface area contributed by atoms with E-state index in [9.17, 15) is 0 Å². The van der Waals surface area contributed by atoms with E-state index in [2.05, 4.69) is 31.2 Å². The van der Waals surface area contributed by atoms with Gasteiger partial charge < -0.3 is 10.8 Å². The van der Waals surface area contributed by atoms with E-state index >= 15 is 0 Å². The van der Waals surface area contributed by atoms with Crippen LogP contribution in [-0.4, -0.2) is 17.8 Å². The average molecular weight is 277 g/mol. The molecule has 0 heterocycles. The van der Waals surface area contributed by atoms with Gasteiger partial charge >= 0.3 is 0 Å². The summed E-state index contributed by atoms with van der Waals surface area (Å²) in [5, 5.41) is 8.95. The number of rotatable bonds is 11. The summed E-state index contributed by atoms with van der Waals surface area (Å²) in [5.41, 5.74) is 8.38. The molecule has 1 aromatic rings. The minimum atomic E-state index is -0.135. The molecule has 1 unspecified atom stereocenters. The number of nitrogens with two attached hydrogens (primary N) is 1. The third kappa shape index (κ3) is 7.66. The second-order valence-corrected chi connectivity index (χ2v) is 5.83. The molecule has 3 N–H and O–H groups in total. The van der Waals surface area contributed by atoms with Gasteiger partial charge in [0.2, 0.25) is 0 Å². The second kappa shape index (κ2) is 10.9. The smallest absolute Gasteiger partial charge is 0.0585 e. The molecule has 1 aromatic carbocycles. The molecule has 0 fully saturated rings. The number of aliphatic hydroxyl groups is 1. The normalized spacial score (nSPS) is 12.6. The monoisotopic (exact) mass is 277 g/mol. The first-order valence-corrected chi connectivity index (χ1v) is 8.20. The SMILES string of the molecule is CCCCCCCCCc1ccc(CC(N)CO)cc1. The van der Waals surface area contributed by atoms with Crippen LogP contribution in [-0.2, 0) is 12.8 Å². The van der Waals surface area contributed by atoms with Gasteiger partial charge in [-0.3, -0.25) is 0 Å². The number of hydrogen-bond donors (Lipinski definition) is 2. The van der Waals surface area contributed by atoms with Gasteiger partial charge in [0.15, 0.2) is 0 Å². The molecule has 0 spiro atoms. The van der Waals surface area contributed by atoms with Crippen molar-refractivity contribution in [3.63, 3.8) is 0 Å². The number of aliphatic hydroxyl groups excluding tert-OH is 1. The van der Waals surface area contributed by atoms with Crippen molar-refractivity contribution in [2.75, 3.05) is 6.61 Å². The number of unbranched alkanes of at least 4 members (excludes halogenated alkanes) is 6. The van der Waals surface area contributed by atoms with Crippen molar-refractivity contribution in [1.29, 1.82) is 0 Å². The quantitative estimate of drug-likeness (QED) is 0.604. The molecule has 0 bridgehead atoms. The highest BCUT2D eigenvalue weighted by molar-refractivity contribution is 5.23. The fourth-order valence-corrected chi connectivity index (χ4v) is 2.50. The molecule has 0 aliphatic carbocycles. The van der Waals surface area contributed by atoms with Crippen LogP contribution >= 0.6 is 0 Å². The van der Waals surface area contributed by atoms with E-state index in [1.807, 2.05) is 0 Å². The lowest BCUT2D eigenvalue weighted by atomic mass is 10.0. The zero-order chi connectivity index (χ0) is 14.6. The minimum absolute atomic E-state index is 0.0553. The topological polar surface area (TPSA) is 46.2 Å². The molecule has 1 atom stereocenters. The van der Waals surface area contributed by atoms with E-state index in [0.29, 0.717) is 0 Å². The van der Waals surface area contributed by atoms with E-state index in [4.69, 9.17) is 10.8 Å². The maximum atomic E-state index is 8.95. The fraction of sp³-hybridized carbons (Fsp3) is 0.667. The summed E-state index contributed by atoms with van der Waals surface area (Å²) in [6.07, 6.45) is 11.5. The van der Waals surface area contributed by atoms with E-state index in [1.165, 1.54) is 62.5 Å². The summed E-state index contributed by atoms with van der Waals surface area (Å²) >= 11 is 0. The predicted octanol–water partition coefficient (Wildman–Crippen LogP) is 3.84. The van der Waals surface area contributed by atoms with Crippen LogP contribution in [0.5, 0.6) is 0 Å². The number of benzene rings is 1. The Kier molecular flexibility index (Phi) is 9.35. The van der Waals surface area contributed by atoms with Gasteiger partial charge in [-0.05, 0) is 30.4 Å². The lowest BCUT2D eigenvalue weighted by Crippen LogP contribution is -2.26. The van der Waals surface area contributed by atoms with E-state index < -0.39 is 0 Å². The Morgan fingerprint density at radius 2 is 1.45 bits per heavy atom. The third-order valence-corrected chi connectivity index (χ3v) is 3.82. The van der Waals surface area contributed by atoms with Gasteiger partial charge in [0.25, 0.3) is 0 Å². The zero-order valence-corrected chi connectivity index (χ0v) is 13.0. The van der Waals surface area contributed by atoms with Crippen molar-refractivity contribution in [2.24, 2.45) is 5.73 Å². The molecule has 0 aliphatic rings. The average Bonchev–Trinajstić information content (AvgIpc) is 2.48. The van der Waals surface area contributed by atoms with Crippen LogP contribution in [0.25, 0.3) is 0 Å². The number of aryl methyl sites for hydroxylation is 1. The molecule has 0 aliphatic heterocycles. The summed E-state index contributed by atoms with van der Waals surface area (Å²) < 4.78 is 0. The molecule has 0 saturated carbocycles. The van der Waals surface area contributed by atoms with Gasteiger partial charge in [0, 0.05) is 6.04 Å². The highest BCUT2D eigenvalue weighted by Crippen LogP contribution is 2.12. The lowest BCUT2D eigenvalue weighted by Gasteiger charge is -2.08. The summed E-state index contributed by atoms with van der Waals surface area (Å²) in [6.45, 7) is 2.32. The molecule has 2 heteroatoms. The van der Waals surface area contributed by atoms with Crippen LogP contribution < -0.4 is 5.73 Å². The second-order valence-electron chi connectivity index (χ2n) is 5.83. The Morgan fingerprint density at radius 1 is 0.900 bits per heavy atom. The minimum Gasteiger partial charge on any atom is -0.395 e. The summed E-state index contributed by atoms with van der Waals surface area (Å²) in [5.74, 6) is 0. The molecular formula is C18H31NO. The van der Waals surface area contributed by atoms with Gasteiger partial charge in [-0.2, -0.15) is 0 Å². The zero-order valence-electron chi connectivity index (χ0n) is 13.0. The molecule has 2 nitrogen and oxygen atoms in total. The van der Waals surface area contributed by atoms with Crippen LogP contribution in [0, 0.1) is 0 Å². The van der Waals surface area contributed by atoms with Gasteiger partial charge in [0.05, 0.1) is 6.61 Å². The standard InChI is InChI=1S/C18H31NO/c1-2-3-4-5-6-7-8-9-16-10-12-17(13-11-16)14-18(19)15-20/h10-13,18,20H,2-9,14-15,19H2,1H3. The number of hydrogen-bond acceptors (Lipinski definition) is 2. The Bertz CT molecular complexity index is 334. The summed E-state index contributed by atoms with van der Waals surface area (Å²) in [7, 11) is 0. The summed E-state index contributed by atoms with van der Waals surface area (Å²) in [4.78, 5) is 0. The lowest BCUT2D eigenvalue weighted by molar-refractivity contribution is 0.265. The van der Waals surface area contributed by atoms with E-state index in [1.54, 1.807) is 0 Å². The highest BCUT2D eigenvalue weighted by atomic mass is 16.3. The van der Waals surface area contributed by atoms with Crippen LogP contribution in [0.15, 0.2) is 24.3 Å². The molecule has 20 heavy (non-hydrogen) atoms. The Morgan fingerprint density at radius 3 is 2.05 bits per heavy atom. The Balaban J connectivity index is 2.15. The van der Waals surface area contributed by atoms with Crippen molar-refractivity contribution < 1.29 is 5.11 Å². The van der Waals surface area contributed by atoms with Crippen LogP contribution in [0.3, 0.4) is 0 Å². The van der Waals surface area contributed by atoms with E-state index in [-0.39, 0.29) is 12.6 Å². The van der Waals surface area contributed by atoms with Gasteiger partial charge in [-0.1, -0.05) is 69.7 Å². The largest absolute Gasteiger partial charge is 0.395 e. The van der Waals surface area contributed by atoms with Crippen LogP contribution in [0.1, 0.15) is 63.0 Å². The van der Waals surface area contributed by atoms with Gasteiger partial charge in [0.1, 0.15) is 0 Å². The Hall–Kier alpha value is -0.860. The van der Waals surface area contributed by atoms with Crippen molar-refractivity contribution in [2.45, 2.75) is 70.8 Å². The third-order valence-electron chi connectivity index (χ3n) is 3.82. The molecule has 0 aromatic heterocycles. The highest BCUT2D eigenvalue weighted by Gasteiger charge is 2.02. The van der Waals surface area contributed by atoms with Gasteiger partial charge in [-0.15, -0.1) is 0 Å². The molecule has 0 radical (unpaired) electrons. The molecule has 0 amide bonds.